The molecule has 1 aromatic heterocycles. The lowest BCUT2D eigenvalue weighted by atomic mass is 10.2. The van der Waals surface area contributed by atoms with Crippen molar-refractivity contribution in [3.8, 4) is 5.69 Å². The number of nitrogens with zero attached hydrogens (tertiary/aromatic N) is 3. The van der Waals surface area contributed by atoms with E-state index in [0.717, 1.165) is 18.6 Å². The molecule has 0 spiro atoms. The van der Waals surface area contributed by atoms with E-state index in [1.54, 1.807) is 0 Å². The minimum Gasteiger partial charge on any atom is -0.267 e. The third-order valence-electron chi connectivity index (χ3n) is 2.63. The molecule has 0 amide bonds. The lowest BCUT2D eigenvalue weighted by Crippen LogP contribution is -2.05. The maximum absolute atomic E-state index is 13.9. The Morgan fingerprint density at radius 2 is 1.94 bits per heavy atom. The van der Waals surface area contributed by atoms with E-state index in [1.807, 2.05) is 6.92 Å². The third-order valence-corrected chi connectivity index (χ3v) is 2.88. The van der Waals surface area contributed by atoms with E-state index in [2.05, 4.69) is 10.2 Å². The number of aromatic nitrogens is 3. The molecule has 18 heavy (non-hydrogen) atoms. The van der Waals surface area contributed by atoms with Gasteiger partial charge in [0.15, 0.2) is 0 Å². The summed E-state index contributed by atoms with van der Waals surface area (Å²) in [5.41, 5.74) is 0.286. The molecule has 2 rings (SSSR count). The summed E-state index contributed by atoms with van der Waals surface area (Å²) in [5.74, 6) is -0.517. The molecule has 0 aliphatic heterocycles. The van der Waals surface area contributed by atoms with Crippen molar-refractivity contribution in [3.63, 3.8) is 0 Å². The average molecular weight is 272 g/mol. The SMILES string of the molecule is CCCc1nnc(Cl)n1-c1cc(F)c(C)cc1F. The van der Waals surface area contributed by atoms with Crippen LogP contribution in [0.2, 0.25) is 5.28 Å². The molecule has 3 nitrogen and oxygen atoms in total. The molecule has 0 saturated heterocycles. The Balaban J connectivity index is 2.61. The molecule has 1 aromatic carbocycles. The fourth-order valence-electron chi connectivity index (χ4n) is 1.73. The summed E-state index contributed by atoms with van der Waals surface area (Å²) in [6.45, 7) is 3.46. The molecule has 0 radical (unpaired) electrons. The van der Waals surface area contributed by atoms with E-state index in [0.29, 0.717) is 12.2 Å². The van der Waals surface area contributed by atoms with Crippen LogP contribution in [0.5, 0.6) is 0 Å². The minimum absolute atomic E-state index is 0.0283. The molecule has 0 N–H and O–H groups in total. The Kier molecular flexibility index (Phi) is 3.61. The predicted octanol–water partition coefficient (Wildman–Crippen LogP) is 3.46. The summed E-state index contributed by atoms with van der Waals surface area (Å²) in [4.78, 5) is 0. The maximum atomic E-state index is 13.9. The predicted molar refractivity (Wildman–Crippen MR) is 65.0 cm³/mol. The highest BCUT2D eigenvalue weighted by Crippen LogP contribution is 2.23. The first-order valence-electron chi connectivity index (χ1n) is 5.60. The molecule has 0 aliphatic rings. The van der Waals surface area contributed by atoms with Gasteiger partial charge in [0.25, 0.3) is 0 Å². The van der Waals surface area contributed by atoms with Gasteiger partial charge >= 0.3 is 0 Å². The normalized spacial score (nSPS) is 10.9. The quantitative estimate of drug-likeness (QED) is 0.856. The Morgan fingerprint density at radius 1 is 1.22 bits per heavy atom. The summed E-state index contributed by atoms with van der Waals surface area (Å²) >= 11 is 5.88. The third kappa shape index (κ3) is 2.22. The zero-order chi connectivity index (χ0) is 13.3. The van der Waals surface area contributed by atoms with E-state index in [1.165, 1.54) is 11.5 Å². The second-order valence-corrected chi connectivity index (χ2v) is 4.36. The zero-order valence-corrected chi connectivity index (χ0v) is 10.8. The molecule has 0 aliphatic carbocycles. The molecule has 6 heteroatoms. The van der Waals surface area contributed by atoms with Crippen molar-refractivity contribution in [2.75, 3.05) is 0 Å². The van der Waals surface area contributed by atoms with Gasteiger partial charge in [-0.2, -0.15) is 0 Å². The van der Waals surface area contributed by atoms with Crippen LogP contribution in [-0.4, -0.2) is 14.8 Å². The number of halogens is 3. The molecule has 2 aromatic rings. The Bertz CT molecular complexity index is 581. The first-order valence-corrected chi connectivity index (χ1v) is 5.98. The van der Waals surface area contributed by atoms with E-state index >= 15 is 0 Å². The van der Waals surface area contributed by atoms with Crippen LogP contribution in [0.15, 0.2) is 12.1 Å². The van der Waals surface area contributed by atoms with Gasteiger partial charge in [0.2, 0.25) is 5.28 Å². The highest BCUT2D eigenvalue weighted by atomic mass is 35.5. The molecule has 1 heterocycles. The van der Waals surface area contributed by atoms with E-state index in [-0.39, 0.29) is 16.5 Å². The minimum atomic E-state index is -0.548. The topological polar surface area (TPSA) is 30.7 Å². The van der Waals surface area contributed by atoms with Gasteiger partial charge in [-0.3, -0.25) is 4.57 Å². The molecule has 96 valence electrons. The van der Waals surface area contributed by atoms with Crippen molar-refractivity contribution < 1.29 is 8.78 Å². The second kappa shape index (κ2) is 5.02. The first-order chi connectivity index (χ1) is 8.54. The van der Waals surface area contributed by atoms with Gasteiger partial charge < -0.3 is 0 Å². The lowest BCUT2D eigenvalue weighted by molar-refractivity contribution is 0.583. The number of aryl methyl sites for hydroxylation is 2. The summed E-state index contributed by atoms with van der Waals surface area (Å²) in [7, 11) is 0. The summed E-state index contributed by atoms with van der Waals surface area (Å²) in [6.07, 6.45) is 1.40. The molecule has 0 fully saturated rings. The fraction of sp³-hybridized carbons (Fsp3) is 0.333. The van der Waals surface area contributed by atoms with Crippen molar-refractivity contribution in [2.24, 2.45) is 0 Å². The van der Waals surface area contributed by atoms with Crippen LogP contribution in [-0.2, 0) is 6.42 Å². The molecular formula is C12H12ClF2N3. The van der Waals surface area contributed by atoms with Crippen LogP contribution >= 0.6 is 11.6 Å². The van der Waals surface area contributed by atoms with E-state index < -0.39 is 11.6 Å². The number of hydrogen-bond acceptors (Lipinski definition) is 2. The fourth-order valence-corrected chi connectivity index (χ4v) is 1.95. The van der Waals surface area contributed by atoms with Crippen molar-refractivity contribution in [2.45, 2.75) is 26.7 Å². The van der Waals surface area contributed by atoms with Gasteiger partial charge in [-0.15, -0.1) is 10.2 Å². The lowest BCUT2D eigenvalue weighted by Gasteiger charge is -2.09. The van der Waals surface area contributed by atoms with Gasteiger partial charge in [0.05, 0.1) is 5.69 Å². The van der Waals surface area contributed by atoms with Crippen LogP contribution in [0, 0.1) is 18.6 Å². The van der Waals surface area contributed by atoms with Gasteiger partial charge in [-0.25, -0.2) is 8.78 Å². The summed E-state index contributed by atoms with van der Waals surface area (Å²) in [6, 6.07) is 2.25. The van der Waals surface area contributed by atoms with Crippen LogP contribution in [0.3, 0.4) is 0 Å². The average Bonchev–Trinajstić information content (AvgIpc) is 2.66. The van der Waals surface area contributed by atoms with Crippen LogP contribution in [0.4, 0.5) is 8.78 Å². The number of benzene rings is 1. The number of rotatable bonds is 3. The van der Waals surface area contributed by atoms with Crippen LogP contribution in [0.25, 0.3) is 5.69 Å². The highest BCUT2D eigenvalue weighted by molar-refractivity contribution is 6.28. The molecule has 0 atom stereocenters. The maximum Gasteiger partial charge on any atom is 0.229 e. The van der Waals surface area contributed by atoms with E-state index in [9.17, 15) is 8.78 Å². The van der Waals surface area contributed by atoms with Crippen LogP contribution in [0.1, 0.15) is 24.7 Å². The van der Waals surface area contributed by atoms with Crippen molar-refractivity contribution in [1.82, 2.24) is 14.8 Å². The second-order valence-electron chi connectivity index (χ2n) is 4.02. The number of hydrogen-bond donors (Lipinski definition) is 0. The Morgan fingerprint density at radius 3 is 2.61 bits per heavy atom. The van der Waals surface area contributed by atoms with Crippen LogP contribution < -0.4 is 0 Å². The van der Waals surface area contributed by atoms with Crippen molar-refractivity contribution in [1.29, 1.82) is 0 Å². The van der Waals surface area contributed by atoms with Gasteiger partial charge in [-0.1, -0.05) is 6.92 Å². The smallest absolute Gasteiger partial charge is 0.229 e. The van der Waals surface area contributed by atoms with Gasteiger partial charge in [-0.05, 0) is 36.6 Å². The molecular weight excluding hydrogens is 260 g/mol. The summed E-state index contributed by atoms with van der Waals surface area (Å²) in [5, 5.41) is 7.59. The molecule has 0 saturated carbocycles. The largest absolute Gasteiger partial charge is 0.267 e. The first kappa shape index (κ1) is 13.0. The molecule has 0 bridgehead atoms. The Labute approximate surface area is 108 Å². The standard InChI is InChI=1S/C12H12ClF2N3/c1-3-4-11-16-17-12(13)18(11)10-6-8(14)7(2)5-9(10)15/h5-6H,3-4H2,1-2H3. The molecule has 0 unspecified atom stereocenters. The van der Waals surface area contributed by atoms with Gasteiger partial charge in [0, 0.05) is 12.5 Å². The van der Waals surface area contributed by atoms with E-state index in [4.69, 9.17) is 11.6 Å². The monoisotopic (exact) mass is 271 g/mol. The summed E-state index contributed by atoms with van der Waals surface area (Å²) < 4.78 is 28.8. The van der Waals surface area contributed by atoms with Gasteiger partial charge in [0.1, 0.15) is 17.5 Å². The van der Waals surface area contributed by atoms with Crippen molar-refractivity contribution in [3.05, 3.63) is 40.4 Å². The zero-order valence-electron chi connectivity index (χ0n) is 10.0. The highest BCUT2D eigenvalue weighted by Gasteiger charge is 2.16. The Hall–Kier alpha value is -1.49. The van der Waals surface area contributed by atoms with Crippen molar-refractivity contribution >= 4 is 11.6 Å².